The van der Waals surface area contributed by atoms with Gasteiger partial charge in [0.2, 0.25) is 0 Å². The third kappa shape index (κ3) is 5.33. The molecule has 1 aromatic heterocycles. The Morgan fingerprint density at radius 3 is 2.58 bits per heavy atom. The number of hydrogen-bond donors (Lipinski definition) is 2. The number of amides is 3. The van der Waals surface area contributed by atoms with Crippen molar-refractivity contribution in [3.05, 3.63) is 21.4 Å². The quantitative estimate of drug-likeness (QED) is 0.798. The first-order valence-electron chi connectivity index (χ1n) is 8.36. The molecule has 1 heterocycles. The van der Waals surface area contributed by atoms with Crippen LogP contribution in [-0.2, 0) is 16.0 Å². The summed E-state index contributed by atoms with van der Waals surface area (Å²) in [4.78, 5) is 37.0. The van der Waals surface area contributed by atoms with E-state index in [4.69, 9.17) is 4.74 Å². The van der Waals surface area contributed by atoms with Crippen molar-refractivity contribution in [3.8, 4) is 0 Å². The zero-order valence-electron chi connectivity index (χ0n) is 14.1. The van der Waals surface area contributed by atoms with Gasteiger partial charge in [-0.1, -0.05) is 26.2 Å². The maximum absolute atomic E-state index is 11.9. The van der Waals surface area contributed by atoms with E-state index in [1.54, 1.807) is 6.07 Å². The van der Waals surface area contributed by atoms with Gasteiger partial charge in [-0.2, -0.15) is 0 Å². The molecule has 0 atom stereocenters. The first-order valence-corrected chi connectivity index (χ1v) is 9.18. The highest BCUT2D eigenvalue weighted by atomic mass is 32.1. The number of ether oxygens (including phenoxy) is 1. The van der Waals surface area contributed by atoms with Crippen LogP contribution < -0.4 is 10.6 Å². The van der Waals surface area contributed by atoms with Crippen molar-refractivity contribution in [2.24, 2.45) is 0 Å². The SMILES string of the molecule is CCc1sc(C(=O)OCC(=O)NC(=O)NC2CCCCC2)cc1C. The van der Waals surface area contributed by atoms with Gasteiger partial charge in [0.25, 0.3) is 5.91 Å². The summed E-state index contributed by atoms with van der Waals surface area (Å²) in [6.07, 6.45) is 6.11. The monoisotopic (exact) mass is 352 g/mol. The van der Waals surface area contributed by atoms with E-state index < -0.39 is 24.5 Å². The van der Waals surface area contributed by atoms with Crippen molar-refractivity contribution in [3.63, 3.8) is 0 Å². The number of hydrogen-bond acceptors (Lipinski definition) is 5. The second kappa shape index (κ2) is 8.82. The summed E-state index contributed by atoms with van der Waals surface area (Å²) in [5, 5.41) is 4.98. The Morgan fingerprint density at radius 2 is 1.96 bits per heavy atom. The predicted molar refractivity (Wildman–Crippen MR) is 92.3 cm³/mol. The van der Waals surface area contributed by atoms with Crippen LogP contribution in [0.15, 0.2) is 6.07 Å². The van der Waals surface area contributed by atoms with Crippen molar-refractivity contribution in [2.45, 2.75) is 58.4 Å². The molecule has 0 aliphatic heterocycles. The van der Waals surface area contributed by atoms with Crippen molar-refractivity contribution in [2.75, 3.05) is 6.61 Å². The molecule has 7 heteroatoms. The molecule has 24 heavy (non-hydrogen) atoms. The highest BCUT2D eigenvalue weighted by Gasteiger charge is 2.18. The zero-order valence-corrected chi connectivity index (χ0v) is 15.0. The molecule has 2 rings (SSSR count). The lowest BCUT2D eigenvalue weighted by molar-refractivity contribution is -0.123. The van der Waals surface area contributed by atoms with Crippen LogP contribution >= 0.6 is 11.3 Å². The summed E-state index contributed by atoms with van der Waals surface area (Å²) in [6, 6.07) is 1.36. The number of nitrogens with one attached hydrogen (secondary N) is 2. The van der Waals surface area contributed by atoms with E-state index >= 15 is 0 Å². The van der Waals surface area contributed by atoms with Crippen molar-refractivity contribution in [1.29, 1.82) is 0 Å². The molecule has 0 spiro atoms. The minimum atomic E-state index is -0.624. The predicted octanol–water partition coefficient (Wildman–Crippen LogP) is 2.93. The maximum Gasteiger partial charge on any atom is 0.348 e. The van der Waals surface area contributed by atoms with Gasteiger partial charge in [-0.3, -0.25) is 10.1 Å². The van der Waals surface area contributed by atoms with Crippen molar-refractivity contribution in [1.82, 2.24) is 10.6 Å². The highest BCUT2D eigenvalue weighted by Crippen LogP contribution is 2.23. The van der Waals surface area contributed by atoms with Crippen LogP contribution in [0, 0.1) is 6.92 Å². The Kier molecular flexibility index (Phi) is 6.78. The molecule has 0 aromatic carbocycles. The number of imide groups is 1. The zero-order chi connectivity index (χ0) is 17.5. The van der Waals surface area contributed by atoms with Crippen LogP contribution in [-0.4, -0.2) is 30.6 Å². The molecule has 1 aliphatic carbocycles. The lowest BCUT2D eigenvalue weighted by atomic mass is 9.96. The number of esters is 1. The molecule has 0 bridgehead atoms. The smallest absolute Gasteiger partial charge is 0.348 e. The van der Waals surface area contributed by atoms with Gasteiger partial charge in [0.15, 0.2) is 6.61 Å². The third-order valence-electron chi connectivity index (χ3n) is 4.07. The van der Waals surface area contributed by atoms with E-state index in [2.05, 4.69) is 10.6 Å². The fraction of sp³-hybridized carbons (Fsp3) is 0.588. The van der Waals surface area contributed by atoms with Crippen molar-refractivity contribution >= 4 is 29.2 Å². The lowest BCUT2D eigenvalue weighted by Crippen LogP contribution is -2.46. The Balaban J connectivity index is 1.73. The standard InChI is InChI=1S/C17H24N2O4S/c1-3-13-11(2)9-14(24-13)16(21)23-10-15(20)19-17(22)18-12-7-5-4-6-8-12/h9,12H,3-8,10H2,1-2H3,(H2,18,19,20,22). The number of aryl methyl sites for hydroxylation is 2. The van der Waals surface area contributed by atoms with Crippen LogP contribution in [0.5, 0.6) is 0 Å². The van der Waals surface area contributed by atoms with Gasteiger partial charge in [-0.05, 0) is 37.8 Å². The summed E-state index contributed by atoms with van der Waals surface area (Å²) in [5.41, 5.74) is 1.05. The third-order valence-corrected chi connectivity index (χ3v) is 5.43. The number of thiophene rings is 1. The first kappa shape index (κ1) is 18.4. The fourth-order valence-corrected chi connectivity index (χ4v) is 3.81. The van der Waals surface area contributed by atoms with Gasteiger partial charge in [-0.15, -0.1) is 11.3 Å². The Hall–Kier alpha value is -1.89. The Bertz CT molecular complexity index is 606. The van der Waals surface area contributed by atoms with Gasteiger partial charge >= 0.3 is 12.0 Å². The number of urea groups is 1. The van der Waals surface area contributed by atoms with Gasteiger partial charge in [0, 0.05) is 10.9 Å². The molecule has 1 aliphatic rings. The van der Waals surface area contributed by atoms with E-state index in [0.29, 0.717) is 4.88 Å². The number of carbonyl (C=O) groups is 3. The Morgan fingerprint density at radius 1 is 1.25 bits per heavy atom. The molecule has 0 saturated heterocycles. The van der Waals surface area contributed by atoms with Gasteiger partial charge < -0.3 is 10.1 Å². The van der Waals surface area contributed by atoms with Crippen LogP contribution in [0.3, 0.4) is 0 Å². The summed E-state index contributed by atoms with van der Waals surface area (Å²) in [7, 11) is 0. The number of carbonyl (C=O) groups excluding carboxylic acids is 3. The van der Waals surface area contributed by atoms with E-state index in [0.717, 1.165) is 42.5 Å². The molecular formula is C17H24N2O4S. The summed E-state index contributed by atoms with van der Waals surface area (Å²) < 4.78 is 4.97. The topological polar surface area (TPSA) is 84.5 Å². The van der Waals surface area contributed by atoms with Crippen LogP contribution in [0.1, 0.15) is 59.1 Å². The van der Waals surface area contributed by atoms with Gasteiger partial charge in [0.1, 0.15) is 4.88 Å². The second-order valence-corrected chi connectivity index (χ2v) is 7.14. The van der Waals surface area contributed by atoms with Gasteiger partial charge in [0.05, 0.1) is 0 Å². The fourth-order valence-electron chi connectivity index (χ4n) is 2.80. The minimum Gasteiger partial charge on any atom is -0.451 e. The van der Waals surface area contributed by atoms with Gasteiger partial charge in [-0.25, -0.2) is 9.59 Å². The molecule has 6 nitrogen and oxygen atoms in total. The molecule has 0 radical (unpaired) electrons. The minimum absolute atomic E-state index is 0.121. The maximum atomic E-state index is 11.9. The lowest BCUT2D eigenvalue weighted by Gasteiger charge is -2.22. The van der Waals surface area contributed by atoms with Crippen LogP contribution in [0.25, 0.3) is 0 Å². The van der Waals surface area contributed by atoms with Crippen LogP contribution in [0.2, 0.25) is 0 Å². The Labute approximate surface area is 146 Å². The van der Waals surface area contributed by atoms with E-state index in [1.807, 2.05) is 13.8 Å². The molecular weight excluding hydrogens is 328 g/mol. The molecule has 2 N–H and O–H groups in total. The van der Waals surface area contributed by atoms with E-state index in [1.165, 1.54) is 17.8 Å². The molecule has 0 unspecified atom stereocenters. The normalized spacial score (nSPS) is 14.9. The molecule has 1 aromatic rings. The largest absolute Gasteiger partial charge is 0.451 e. The molecule has 1 saturated carbocycles. The summed E-state index contributed by atoms with van der Waals surface area (Å²) in [5.74, 6) is -1.16. The van der Waals surface area contributed by atoms with E-state index in [9.17, 15) is 14.4 Å². The molecule has 132 valence electrons. The molecule has 1 fully saturated rings. The summed E-state index contributed by atoms with van der Waals surface area (Å²) in [6.45, 7) is 3.50. The molecule has 3 amide bonds. The number of rotatable bonds is 5. The highest BCUT2D eigenvalue weighted by molar-refractivity contribution is 7.14. The van der Waals surface area contributed by atoms with Crippen molar-refractivity contribution < 1.29 is 19.1 Å². The average molecular weight is 352 g/mol. The van der Waals surface area contributed by atoms with E-state index in [-0.39, 0.29) is 6.04 Å². The second-order valence-electron chi connectivity index (χ2n) is 6.00. The van der Waals surface area contributed by atoms with Crippen LogP contribution in [0.4, 0.5) is 4.79 Å². The first-order chi connectivity index (χ1) is 11.5. The average Bonchev–Trinajstić information content (AvgIpc) is 2.94. The summed E-state index contributed by atoms with van der Waals surface area (Å²) >= 11 is 1.37.